The quantitative estimate of drug-likeness (QED) is 0.738. The lowest BCUT2D eigenvalue weighted by atomic mass is 9.95. The van der Waals surface area contributed by atoms with Crippen molar-refractivity contribution in [1.82, 2.24) is 15.5 Å². The van der Waals surface area contributed by atoms with Gasteiger partial charge in [-0.05, 0) is 30.5 Å². The first kappa shape index (κ1) is 19.7. The Bertz CT molecular complexity index is 557. The molecule has 140 valence electrons. The molecule has 1 saturated heterocycles. The number of hydrogen-bond acceptors (Lipinski definition) is 3. The molecule has 0 saturated carbocycles. The molecule has 7 heteroatoms. The highest BCUT2D eigenvalue weighted by molar-refractivity contribution is 5.76. The summed E-state index contributed by atoms with van der Waals surface area (Å²) in [5.74, 6) is -0.374. The van der Waals surface area contributed by atoms with Crippen LogP contribution in [0.25, 0.3) is 0 Å². The first-order valence-electron chi connectivity index (χ1n) is 8.73. The van der Waals surface area contributed by atoms with E-state index in [2.05, 4.69) is 15.5 Å². The zero-order valence-corrected chi connectivity index (χ0v) is 14.5. The molecule has 1 fully saturated rings. The second kappa shape index (κ2) is 9.20. The van der Waals surface area contributed by atoms with Crippen LogP contribution in [0.5, 0.6) is 0 Å². The summed E-state index contributed by atoms with van der Waals surface area (Å²) in [6.07, 6.45) is -3.29. The Morgan fingerprint density at radius 2 is 2.04 bits per heavy atom. The first-order valence-corrected chi connectivity index (χ1v) is 8.73. The molecule has 1 aliphatic rings. The van der Waals surface area contributed by atoms with E-state index in [1.165, 1.54) is 6.07 Å². The van der Waals surface area contributed by atoms with E-state index in [9.17, 15) is 18.0 Å². The number of piperazine rings is 1. The maximum atomic E-state index is 12.8. The standard InChI is InChI=1S/C18H26F3N3O/c1-14(15-4-2-5-16(13-15)18(19,20)21)12-17(25)23-6-3-9-24-10-7-22-8-11-24/h2,4-5,13-14,22H,3,6-12H2,1H3,(H,23,25). The Kier molecular flexibility index (Phi) is 7.25. The van der Waals surface area contributed by atoms with Crippen LogP contribution in [0.4, 0.5) is 13.2 Å². The van der Waals surface area contributed by atoms with Gasteiger partial charge in [0.1, 0.15) is 0 Å². The maximum absolute atomic E-state index is 12.8. The smallest absolute Gasteiger partial charge is 0.356 e. The Morgan fingerprint density at radius 3 is 2.72 bits per heavy atom. The van der Waals surface area contributed by atoms with Gasteiger partial charge < -0.3 is 15.5 Å². The van der Waals surface area contributed by atoms with Gasteiger partial charge in [-0.3, -0.25) is 4.79 Å². The molecule has 1 aliphatic heterocycles. The number of rotatable bonds is 7. The molecule has 1 atom stereocenters. The second-order valence-electron chi connectivity index (χ2n) is 6.52. The van der Waals surface area contributed by atoms with Gasteiger partial charge >= 0.3 is 6.18 Å². The topological polar surface area (TPSA) is 44.4 Å². The zero-order chi connectivity index (χ0) is 18.3. The van der Waals surface area contributed by atoms with Crippen molar-refractivity contribution in [3.05, 3.63) is 35.4 Å². The molecule has 1 aromatic rings. The van der Waals surface area contributed by atoms with E-state index in [-0.39, 0.29) is 18.2 Å². The highest BCUT2D eigenvalue weighted by Crippen LogP contribution is 2.31. The minimum absolute atomic E-state index is 0.120. The van der Waals surface area contributed by atoms with Crippen LogP contribution in [0.1, 0.15) is 36.8 Å². The van der Waals surface area contributed by atoms with Gasteiger partial charge in [-0.25, -0.2) is 0 Å². The molecule has 25 heavy (non-hydrogen) atoms. The summed E-state index contributed by atoms with van der Waals surface area (Å²) in [6, 6.07) is 5.20. The molecule has 0 radical (unpaired) electrons. The van der Waals surface area contributed by atoms with Gasteiger partial charge in [-0.15, -0.1) is 0 Å². The molecule has 1 amide bonds. The molecule has 0 aliphatic carbocycles. The predicted octanol–water partition coefficient (Wildman–Crippen LogP) is 2.61. The van der Waals surface area contributed by atoms with E-state index in [1.54, 1.807) is 13.0 Å². The van der Waals surface area contributed by atoms with E-state index in [0.29, 0.717) is 12.1 Å². The molecule has 2 N–H and O–H groups in total. The molecule has 0 bridgehead atoms. The number of nitrogens with zero attached hydrogens (tertiary/aromatic N) is 1. The summed E-state index contributed by atoms with van der Waals surface area (Å²) in [6.45, 7) is 7.38. The van der Waals surface area contributed by atoms with E-state index in [1.807, 2.05) is 0 Å². The van der Waals surface area contributed by atoms with Crippen molar-refractivity contribution in [2.75, 3.05) is 39.3 Å². The van der Waals surface area contributed by atoms with Gasteiger partial charge in [0.25, 0.3) is 0 Å². The maximum Gasteiger partial charge on any atom is 0.416 e. The van der Waals surface area contributed by atoms with E-state index >= 15 is 0 Å². The fourth-order valence-electron chi connectivity index (χ4n) is 2.95. The van der Waals surface area contributed by atoms with Crippen LogP contribution < -0.4 is 10.6 Å². The number of amides is 1. The molecular weight excluding hydrogens is 331 g/mol. The van der Waals surface area contributed by atoms with Crippen LogP contribution in [0.15, 0.2) is 24.3 Å². The lowest BCUT2D eigenvalue weighted by Crippen LogP contribution is -2.44. The van der Waals surface area contributed by atoms with Gasteiger partial charge in [0.05, 0.1) is 5.56 Å². The summed E-state index contributed by atoms with van der Waals surface area (Å²) in [4.78, 5) is 14.4. The molecule has 0 aromatic heterocycles. The summed E-state index contributed by atoms with van der Waals surface area (Å²) in [5.41, 5.74) is -0.140. The molecule has 4 nitrogen and oxygen atoms in total. The van der Waals surface area contributed by atoms with Gasteiger partial charge in [0.15, 0.2) is 0 Å². The van der Waals surface area contributed by atoms with E-state index < -0.39 is 11.7 Å². The van der Waals surface area contributed by atoms with Crippen molar-refractivity contribution in [3.8, 4) is 0 Å². The van der Waals surface area contributed by atoms with Gasteiger partial charge in [-0.2, -0.15) is 13.2 Å². The molecule has 2 rings (SSSR count). The fourth-order valence-corrected chi connectivity index (χ4v) is 2.95. The summed E-state index contributed by atoms with van der Waals surface area (Å²) in [5, 5.41) is 6.16. The number of carbonyl (C=O) groups excluding carboxylic acids is 1. The van der Waals surface area contributed by atoms with Crippen molar-refractivity contribution in [2.24, 2.45) is 0 Å². The van der Waals surface area contributed by atoms with Crippen molar-refractivity contribution in [1.29, 1.82) is 0 Å². The van der Waals surface area contributed by atoms with Crippen LogP contribution in [0.2, 0.25) is 0 Å². The van der Waals surface area contributed by atoms with Crippen LogP contribution in [0.3, 0.4) is 0 Å². The minimum Gasteiger partial charge on any atom is -0.356 e. The third kappa shape index (κ3) is 6.66. The largest absolute Gasteiger partial charge is 0.416 e. The van der Waals surface area contributed by atoms with Gasteiger partial charge in [0, 0.05) is 39.1 Å². The minimum atomic E-state index is -4.36. The lowest BCUT2D eigenvalue weighted by molar-refractivity contribution is -0.137. The van der Waals surface area contributed by atoms with Crippen LogP contribution in [-0.4, -0.2) is 50.1 Å². The van der Waals surface area contributed by atoms with Crippen molar-refractivity contribution >= 4 is 5.91 Å². The lowest BCUT2D eigenvalue weighted by Gasteiger charge is -2.27. The summed E-state index contributed by atoms with van der Waals surface area (Å²) in [7, 11) is 0. The second-order valence-corrected chi connectivity index (χ2v) is 6.52. The third-order valence-corrected chi connectivity index (χ3v) is 4.46. The fraction of sp³-hybridized carbons (Fsp3) is 0.611. The monoisotopic (exact) mass is 357 g/mol. The van der Waals surface area contributed by atoms with Crippen molar-refractivity contribution < 1.29 is 18.0 Å². The zero-order valence-electron chi connectivity index (χ0n) is 14.5. The highest BCUT2D eigenvalue weighted by Gasteiger charge is 2.30. The number of nitrogens with one attached hydrogen (secondary N) is 2. The predicted molar refractivity (Wildman–Crippen MR) is 91.4 cm³/mol. The first-order chi connectivity index (χ1) is 11.9. The number of hydrogen-bond donors (Lipinski definition) is 2. The third-order valence-electron chi connectivity index (χ3n) is 4.46. The molecular formula is C18H26F3N3O. The average molecular weight is 357 g/mol. The summed E-state index contributed by atoms with van der Waals surface area (Å²) >= 11 is 0. The number of benzene rings is 1. The normalized spacial score (nSPS) is 17.3. The Balaban J connectivity index is 1.72. The van der Waals surface area contributed by atoms with Crippen LogP contribution in [-0.2, 0) is 11.0 Å². The van der Waals surface area contributed by atoms with Crippen LogP contribution in [0, 0.1) is 0 Å². The van der Waals surface area contributed by atoms with Crippen LogP contribution >= 0.6 is 0 Å². The highest BCUT2D eigenvalue weighted by atomic mass is 19.4. The number of alkyl halides is 3. The Morgan fingerprint density at radius 1 is 1.32 bits per heavy atom. The summed E-state index contributed by atoms with van der Waals surface area (Å²) < 4.78 is 38.3. The Labute approximate surface area is 146 Å². The number of carbonyl (C=O) groups is 1. The Hall–Kier alpha value is -1.60. The van der Waals surface area contributed by atoms with Gasteiger partial charge in [0.2, 0.25) is 5.91 Å². The van der Waals surface area contributed by atoms with Crippen molar-refractivity contribution in [3.63, 3.8) is 0 Å². The average Bonchev–Trinajstić information content (AvgIpc) is 2.59. The van der Waals surface area contributed by atoms with E-state index in [4.69, 9.17) is 0 Å². The molecule has 1 heterocycles. The molecule has 0 spiro atoms. The molecule has 1 unspecified atom stereocenters. The number of halogens is 3. The molecule has 1 aromatic carbocycles. The van der Waals surface area contributed by atoms with Gasteiger partial charge in [-0.1, -0.05) is 25.1 Å². The van der Waals surface area contributed by atoms with E-state index in [0.717, 1.165) is 51.3 Å². The van der Waals surface area contributed by atoms with Crippen molar-refractivity contribution in [2.45, 2.75) is 31.9 Å². The SMILES string of the molecule is CC(CC(=O)NCCCN1CCNCC1)c1cccc(C(F)(F)F)c1.